The van der Waals surface area contributed by atoms with E-state index in [0.717, 1.165) is 3.72 Å². The van der Waals surface area contributed by atoms with Crippen molar-refractivity contribution in [3.8, 4) is 0 Å². The normalized spacial score (nSPS) is 13.3. The van der Waals surface area contributed by atoms with Gasteiger partial charge in [-0.3, -0.25) is 0 Å². The molecule has 0 aliphatic heterocycles. The summed E-state index contributed by atoms with van der Waals surface area (Å²) in [4.78, 5) is 3.78. The van der Waals surface area contributed by atoms with E-state index >= 15 is 0 Å². The quantitative estimate of drug-likeness (QED) is 0.306. The largest absolute Gasteiger partial charge is 0.235 e. The van der Waals surface area contributed by atoms with Crippen LogP contribution in [0.25, 0.3) is 0 Å². The van der Waals surface area contributed by atoms with Crippen LogP contribution in [0.1, 0.15) is 6.92 Å². The Morgan fingerprint density at radius 1 is 1.86 bits per heavy atom. The summed E-state index contributed by atoms with van der Waals surface area (Å²) in [6, 6.07) is 0. The molecule has 0 heterocycles. The van der Waals surface area contributed by atoms with E-state index in [2.05, 4.69) is 44.8 Å². The fourth-order valence-electron chi connectivity index (χ4n) is 0.105. The molecule has 0 bridgehead atoms. The Morgan fingerprint density at radius 3 is 2.57 bits per heavy atom. The molecule has 0 atom stereocenters. The highest BCUT2D eigenvalue weighted by molar-refractivity contribution is 14.1. The lowest BCUT2D eigenvalue weighted by Gasteiger charge is -1.74. The van der Waals surface area contributed by atoms with Crippen LogP contribution >= 0.6 is 35.4 Å². The molecule has 0 amide bonds. The Bertz CT molecular complexity index is 95.1. The Kier molecular flexibility index (Phi) is 4.85. The van der Waals surface area contributed by atoms with Crippen LogP contribution in [0.4, 0.5) is 0 Å². The molecule has 0 aromatic rings. The van der Waals surface area contributed by atoms with E-state index in [-0.39, 0.29) is 0 Å². The lowest BCUT2D eigenvalue weighted by atomic mass is 10.9. The molecule has 0 rings (SSSR count). The van der Waals surface area contributed by atoms with E-state index in [1.165, 1.54) is 6.34 Å². The SMILES string of the molecule is CC(I)=NC=NS. The van der Waals surface area contributed by atoms with E-state index in [0.29, 0.717) is 0 Å². The van der Waals surface area contributed by atoms with Crippen molar-refractivity contribution in [2.24, 2.45) is 9.39 Å². The van der Waals surface area contributed by atoms with Gasteiger partial charge in [-0.2, -0.15) is 0 Å². The summed E-state index contributed by atoms with van der Waals surface area (Å²) in [5.74, 6) is 0. The molecule has 0 aromatic heterocycles. The molecule has 0 aromatic carbocycles. The second-order valence-electron chi connectivity index (χ2n) is 0.857. The van der Waals surface area contributed by atoms with Gasteiger partial charge in [0.25, 0.3) is 0 Å². The smallest absolute Gasteiger partial charge is 0.124 e. The zero-order valence-corrected chi connectivity index (χ0v) is 6.85. The Morgan fingerprint density at radius 2 is 2.43 bits per heavy atom. The molecule has 0 aliphatic carbocycles. The highest BCUT2D eigenvalue weighted by Crippen LogP contribution is 1.85. The molecule has 0 saturated heterocycles. The van der Waals surface area contributed by atoms with Gasteiger partial charge in [0.05, 0.1) is 3.72 Å². The van der Waals surface area contributed by atoms with Crippen molar-refractivity contribution in [2.45, 2.75) is 6.92 Å². The summed E-state index contributed by atoms with van der Waals surface area (Å²) in [7, 11) is 0. The van der Waals surface area contributed by atoms with Crippen LogP contribution in [0.5, 0.6) is 0 Å². The first kappa shape index (κ1) is 7.42. The monoisotopic (exact) mass is 228 g/mol. The molecule has 4 heteroatoms. The van der Waals surface area contributed by atoms with Crippen LogP contribution in [-0.2, 0) is 0 Å². The van der Waals surface area contributed by atoms with Crippen molar-refractivity contribution in [3.63, 3.8) is 0 Å². The minimum atomic E-state index is 0.954. The molecule has 7 heavy (non-hydrogen) atoms. The summed E-state index contributed by atoms with van der Waals surface area (Å²) >= 11 is 5.64. The summed E-state index contributed by atoms with van der Waals surface area (Å²) in [5.41, 5.74) is 0. The number of nitrogens with zero attached hydrogens (tertiary/aromatic N) is 2. The van der Waals surface area contributed by atoms with Gasteiger partial charge in [0, 0.05) is 0 Å². The topological polar surface area (TPSA) is 24.7 Å². The molecule has 0 aliphatic rings. The molecule has 40 valence electrons. The predicted molar refractivity (Wildman–Crippen MR) is 44.6 cm³/mol. The highest BCUT2D eigenvalue weighted by Gasteiger charge is 1.70. The van der Waals surface area contributed by atoms with Crippen LogP contribution in [0.2, 0.25) is 0 Å². The van der Waals surface area contributed by atoms with E-state index in [9.17, 15) is 0 Å². The third-order valence-electron chi connectivity index (χ3n) is 0.287. The maximum absolute atomic E-state index is 3.78. The second-order valence-corrected chi connectivity index (χ2v) is 2.65. The number of hydrogen-bond acceptors (Lipinski definition) is 2. The Hall–Kier alpha value is 0.420. The van der Waals surface area contributed by atoms with Crippen LogP contribution in [0, 0.1) is 0 Å². The molecular weight excluding hydrogens is 223 g/mol. The van der Waals surface area contributed by atoms with E-state index < -0.39 is 0 Å². The van der Waals surface area contributed by atoms with Gasteiger partial charge in [0.2, 0.25) is 0 Å². The van der Waals surface area contributed by atoms with Crippen molar-refractivity contribution in [1.82, 2.24) is 0 Å². The van der Waals surface area contributed by atoms with Crippen molar-refractivity contribution in [2.75, 3.05) is 0 Å². The summed E-state index contributed by atoms with van der Waals surface area (Å²) in [6.45, 7) is 1.88. The van der Waals surface area contributed by atoms with Crippen LogP contribution in [0.3, 0.4) is 0 Å². The summed E-state index contributed by atoms with van der Waals surface area (Å²) < 4.78 is 4.31. The zero-order valence-electron chi connectivity index (χ0n) is 3.80. The predicted octanol–water partition coefficient (Wildman–Crippen LogP) is 1.71. The Labute approximate surface area is 61.8 Å². The van der Waals surface area contributed by atoms with Gasteiger partial charge >= 0.3 is 0 Å². The van der Waals surface area contributed by atoms with Crippen LogP contribution in [0.15, 0.2) is 9.39 Å². The maximum Gasteiger partial charge on any atom is 0.124 e. The number of hydrogen-bond donors (Lipinski definition) is 1. The van der Waals surface area contributed by atoms with Gasteiger partial charge in [0.15, 0.2) is 0 Å². The van der Waals surface area contributed by atoms with Crippen LogP contribution < -0.4 is 0 Å². The zero-order chi connectivity index (χ0) is 5.70. The molecule has 0 radical (unpaired) electrons. The van der Waals surface area contributed by atoms with Gasteiger partial charge in [-0.1, -0.05) is 0 Å². The average molecular weight is 228 g/mol. The molecule has 0 fully saturated rings. The average Bonchev–Trinajstić information content (AvgIpc) is 1.61. The summed E-state index contributed by atoms with van der Waals surface area (Å²) in [6.07, 6.45) is 1.39. The van der Waals surface area contributed by atoms with Crippen molar-refractivity contribution < 1.29 is 0 Å². The van der Waals surface area contributed by atoms with Gasteiger partial charge in [0.1, 0.15) is 6.34 Å². The number of thiol groups is 1. The molecular formula is C3H5IN2S. The number of aliphatic imine (C=N–C) groups is 1. The van der Waals surface area contributed by atoms with Crippen molar-refractivity contribution >= 4 is 45.5 Å². The third kappa shape index (κ3) is 6.42. The van der Waals surface area contributed by atoms with E-state index in [4.69, 9.17) is 0 Å². The molecule has 2 nitrogen and oxygen atoms in total. The van der Waals surface area contributed by atoms with Crippen molar-refractivity contribution in [3.05, 3.63) is 0 Å². The second kappa shape index (κ2) is 4.58. The first-order valence-electron chi connectivity index (χ1n) is 1.63. The number of rotatable bonds is 1. The van der Waals surface area contributed by atoms with Gasteiger partial charge < -0.3 is 0 Å². The minimum Gasteiger partial charge on any atom is -0.235 e. The van der Waals surface area contributed by atoms with Gasteiger partial charge in [-0.15, -0.1) is 0 Å². The maximum atomic E-state index is 3.78. The first-order valence-corrected chi connectivity index (χ1v) is 3.11. The van der Waals surface area contributed by atoms with E-state index in [1.807, 2.05) is 6.92 Å². The first-order chi connectivity index (χ1) is 3.27. The standard InChI is InChI=1S/C3H5IN2S/c1-3(4)5-2-6-7/h2,7H,1H3. The third-order valence-corrected chi connectivity index (χ3v) is 0.669. The van der Waals surface area contributed by atoms with Crippen molar-refractivity contribution in [1.29, 1.82) is 0 Å². The summed E-state index contributed by atoms with van der Waals surface area (Å²) in [5, 5.41) is 0. The fourth-order valence-corrected chi connectivity index (χ4v) is 0.282. The lowest BCUT2D eigenvalue weighted by Crippen LogP contribution is -1.71. The van der Waals surface area contributed by atoms with Gasteiger partial charge in [-0.05, 0) is 42.3 Å². The molecule has 0 saturated carbocycles. The minimum absolute atomic E-state index is 0.954. The van der Waals surface area contributed by atoms with Gasteiger partial charge in [-0.25, -0.2) is 9.39 Å². The van der Waals surface area contributed by atoms with E-state index in [1.54, 1.807) is 0 Å². The molecule has 0 spiro atoms. The molecule has 0 unspecified atom stereocenters. The Balaban J connectivity index is 3.46. The highest BCUT2D eigenvalue weighted by atomic mass is 127. The number of halogens is 1. The molecule has 0 N–H and O–H groups in total. The van der Waals surface area contributed by atoms with Crippen LogP contribution in [-0.4, -0.2) is 10.1 Å². The lowest BCUT2D eigenvalue weighted by molar-refractivity contribution is 1.73. The fraction of sp³-hybridized carbons (Fsp3) is 0.333.